The van der Waals surface area contributed by atoms with E-state index >= 15 is 0 Å². The maximum absolute atomic E-state index is 12.0. The highest BCUT2D eigenvalue weighted by molar-refractivity contribution is 7.07. The van der Waals surface area contributed by atoms with E-state index in [0.717, 1.165) is 24.5 Å². The Morgan fingerprint density at radius 1 is 1.47 bits per heavy atom. The molecule has 1 aliphatic heterocycles. The second-order valence-corrected chi connectivity index (χ2v) is 5.54. The zero-order valence-electron chi connectivity index (χ0n) is 10.7. The molecule has 1 aromatic heterocycles. The number of hydrogen-bond donors (Lipinski definition) is 1. The molecule has 2 heterocycles. The largest absolute Gasteiger partial charge is 0.325 e. The number of thiazole rings is 1. The van der Waals surface area contributed by atoms with Gasteiger partial charge in [-0.1, -0.05) is 12.1 Å². The van der Waals surface area contributed by atoms with Gasteiger partial charge in [-0.3, -0.25) is 9.69 Å². The smallest absolute Gasteiger partial charge is 0.230 e. The summed E-state index contributed by atoms with van der Waals surface area (Å²) in [7, 11) is 2.08. The molecule has 0 atom stereocenters. The van der Waals surface area contributed by atoms with Gasteiger partial charge in [0, 0.05) is 24.2 Å². The zero-order chi connectivity index (χ0) is 13.2. The molecule has 0 aliphatic carbocycles. The zero-order valence-corrected chi connectivity index (χ0v) is 11.5. The summed E-state index contributed by atoms with van der Waals surface area (Å²) >= 11 is 1.51. The minimum Gasteiger partial charge on any atom is -0.325 e. The van der Waals surface area contributed by atoms with Crippen molar-refractivity contribution in [3.63, 3.8) is 0 Å². The Hall–Kier alpha value is -1.72. The molecule has 0 radical (unpaired) electrons. The summed E-state index contributed by atoms with van der Waals surface area (Å²) in [5.41, 5.74) is 6.04. The van der Waals surface area contributed by atoms with Crippen molar-refractivity contribution in [1.82, 2.24) is 9.88 Å². The van der Waals surface area contributed by atoms with E-state index in [-0.39, 0.29) is 5.91 Å². The van der Waals surface area contributed by atoms with E-state index in [0.29, 0.717) is 6.42 Å². The van der Waals surface area contributed by atoms with Crippen molar-refractivity contribution >= 4 is 22.9 Å². The number of nitrogens with one attached hydrogen (secondary N) is 1. The molecule has 4 nitrogen and oxygen atoms in total. The molecule has 0 unspecified atom stereocenters. The number of rotatable bonds is 3. The molecule has 5 heteroatoms. The van der Waals surface area contributed by atoms with Gasteiger partial charge in [0.15, 0.2) is 0 Å². The lowest BCUT2D eigenvalue weighted by atomic mass is 10.1. The molecule has 0 spiro atoms. The number of aromatic nitrogens is 1. The number of carbonyl (C=O) groups is 1. The highest BCUT2D eigenvalue weighted by Gasteiger charge is 2.19. The second-order valence-electron chi connectivity index (χ2n) is 4.82. The number of benzene rings is 1. The van der Waals surface area contributed by atoms with Crippen molar-refractivity contribution in [2.45, 2.75) is 19.5 Å². The summed E-state index contributed by atoms with van der Waals surface area (Å²) in [6.07, 6.45) is 0.336. The van der Waals surface area contributed by atoms with Crippen molar-refractivity contribution < 1.29 is 4.79 Å². The van der Waals surface area contributed by atoms with E-state index < -0.39 is 0 Å². The van der Waals surface area contributed by atoms with Gasteiger partial charge in [0.2, 0.25) is 5.91 Å². The Kier molecular flexibility index (Phi) is 3.31. The predicted octanol–water partition coefficient (Wildman–Crippen LogP) is 2.27. The first kappa shape index (κ1) is 12.3. The fraction of sp³-hybridized carbons (Fsp3) is 0.286. The summed E-state index contributed by atoms with van der Waals surface area (Å²) in [6, 6.07) is 6.09. The van der Waals surface area contributed by atoms with E-state index in [1.165, 1.54) is 22.5 Å². The lowest BCUT2D eigenvalue weighted by Gasteiger charge is -2.09. The van der Waals surface area contributed by atoms with Crippen LogP contribution in [0.15, 0.2) is 29.1 Å². The van der Waals surface area contributed by atoms with Crippen LogP contribution in [0.25, 0.3) is 0 Å². The third-order valence-corrected chi connectivity index (χ3v) is 3.88. The molecule has 98 valence electrons. The third-order valence-electron chi connectivity index (χ3n) is 3.24. The molecule has 1 aromatic carbocycles. The third kappa shape index (κ3) is 2.67. The summed E-state index contributed by atoms with van der Waals surface area (Å²) in [5.74, 6) is -0.00569. The Labute approximate surface area is 116 Å². The van der Waals surface area contributed by atoms with Crippen molar-refractivity contribution in [3.8, 4) is 0 Å². The summed E-state index contributed by atoms with van der Waals surface area (Å²) in [5, 5.41) is 4.91. The molecule has 0 bridgehead atoms. The second kappa shape index (κ2) is 5.11. The van der Waals surface area contributed by atoms with Gasteiger partial charge in [0.05, 0.1) is 17.6 Å². The van der Waals surface area contributed by atoms with Gasteiger partial charge in [-0.25, -0.2) is 4.98 Å². The molecule has 1 amide bonds. The fourth-order valence-electron chi connectivity index (χ4n) is 2.39. The standard InChI is InChI=1S/C14H15N3OS/c1-17-6-10-3-2-4-13(12(10)7-17)16-14(18)5-11-8-19-9-15-11/h2-4,8-9H,5-7H2,1H3,(H,16,18). The minimum atomic E-state index is -0.00569. The molecule has 19 heavy (non-hydrogen) atoms. The molecular weight excluding hydrogens is 258 g/mol. The van der Waals surface area contributed by atoms with Gasteiger partial charge in [0.25, 0.3) is 0 Å². The van der Waals surface area contributed by atoms with Gasteiger partial charge in [0.1, 0.15) is 0 Å². The van der Waals surface area contributed by atoms with Crippen LogP contribution < -0.4 is 5.32 Å². The minimum absolute atomic E-state index is 0.00569. The first-order valence-electron chi connectivity index (χ1n) is 6.18. The van der Waals surface area contributed by atoms with Crippen LogP contribution in [0, 0.1) is 0 Å². The molecule has 3 rings (SSSR count). The van der Waals surface area contributed by atoms with Gasteiger partial charge in [-0.05, 0) is 24.2 Å². The van der Waals surface area contributed by atoms with Crippen LogP contribution in [0.4, 0.5) is 5.69 Å². The number of nitrogens with zero attached hydrogens (tertiary/aromatic N) is 2. The average molecular weight is 273 g/mol. The van der Waals surface area contributed by atoms with E-state index in [9.17, 15) is 4.79 Å². The molecule has 0 saturated carbocycles. The Bertz CT molecular complexity index is 595. The van der Waals surface area contributed by atoms with Crippen LogP contribution in [-0.2, 0) is 24.3 Å². The topological polar surface area (TPSA) is 45.2 Å². The lowest BCUT2D eigenvalue weighted by Crippen LogP contribution is -2.16. The van der Waals surface area contributed by atoms with Crippen LogP contribution in [-0.4, -0.2) is 22.8 Å². The highest BCUT2D eigenvalue weighted by atomic mass is 32.1. The molecule has 1 N–H and O–H groups in total. The van der Waals surface area contributed by atoms with Crippen molar-refractivity contribution in [3.05, 3.63) is 45.9 Å². The average Bonchev–Trinajstić information content (AvgIpc) is 2.97. The summed E-state index contributed by atoms with van der Waals surface area (Å²) in [6.45, 7) is 1.84. The van der Waals surface area contributed by atoms with Gasteiger partial charge in [-0.2, -0.15) is 0 Å². The lowest BCUT2D eigenvalue weighted by molar-refractivity contribution is -0.115. The number of hydrogen-bond acceptors (Lipinski definition) is 4. The molecule has 0 saturated heterocycles. The SMILES string of the molecule is CN1Cc2cccc(NC(=O)Cc3cscn3)c2C1. The highest BCUT2D eigenvalue weighted by Crippen LogP contribution is 2.28. The predicted molar refractivity (Wildman–Crippen MR) is 76.1 cm³/mol. The van der Waals surface area contributed by atoms with E-state index in [2.05, 4.69) is 28.3 Å². The van der Waals surface area contributed by atoms with Crippen molar-refractivity contribution in [1.29, 1.82) is 0 Å². The maximum atomic E-state index is 12.0. The normalized spacial score (nSPS) is 14.4. The quantitative estimate of drug-likeness (QED) is 0.933. The van der Waals surface area contributed by atoms with Gasteiger partial charge < -0.3 is 5.32 Å². The maximum Gasteiger partial charge on any atom is 0.230 e. The van der Waals surface area contributed by atoms with Gasteiger partial charge >= 0.3 is 0 Å². The first-order valence-corrected chi connectivity index (χ1v) is 7.13. The van der Waals surface area contributed by atoms with E-state index in [4.69, 9.17) is 0 Å². The van der Waals surface area contributed by atoms with Crippen molar-refractivity contribution in [2.24, 2.45) is 0 Å². The van der Waals surface area contributed by atoms with Crippen molar-refractivity contribution in [2.75, 3.05) is 12.4 Å². The molecule has 2 aromatic rings. The summed E-state index contributed by atoms with van der Waals surface area (Å²) in [4.78, 5) is 18.4. The number of carbonyl (C=O) groups excluding carboxylic acids is 1. The first-order chi connectivity index (χ1) is 9.22. The van der Waals surface area contributed by atoms with Gasteiger partial charge in [-0.15, -0.1) is 11.3 Å². The summed E-state index contributed by atoms with van der Waals surface area (Å²) < 4.78 is 0. The van der Waals surface area contributed by atoms with Crippen LogP contribution in [0.2, 0.25) is 0 Å². The number of fused-ring (bicyclic) bond motifs is 1. The van der Waals surface area contributed by atoms with E-state index in [1.807, 2.05) is 17.5 Å². The fourth-order valence-corrected chi connectivity index (χ4v) is 2.95. The molecule has 1 aliphatic rings. The number of anilines is 1. The van der Waals surface area contributed by atoms with Crippen LogP contribution >= 0.6 is 11.3 Å². The van der Waals surface area contributed by atoms with Crippen LogP contribution in [0.5, 0.6) is 0 Å². The Morgan fingerprint density at radius 2 is 2.37 bits per heavy atom. The Balaban J connectivity index is 1.74. The monoisotopic (exact) mass is 273 g/mol. The molecular formula is C14H15N3OS. The Morgan fingerprint density at radius 3 is 3.16 bits per heavy atom. The van der Waals surface area contributed by atoms with Crippen LogP contribution in [0.3, 0.4) is 0 Å². The molecule has 0 fully saturated rings. The van der Waals surface area contributed by atoms with E-state index in [1.54, 1.807) is 5.51 Å². The van der Waals surface area contributed by atoms with Crippen LogP contribution in [0.1, 0.15) is 16.8 Å². The number of amides is 1.